The Morgan fingerprint density at radius 2 is 2.12 bits per heavy atom. The van der Waals surface area contributed by atoms with Crippen molar-refractivity contribution in [2.24, 2.45) is 0 Å². The van der Waals surface area contributed by atoms with Crippen molar-refractivity contribution in [3.8, 4) is 5.88 Å². The second-order valence-electron chi connectivity index (χ2n) is 5.56. The van der Waals surface area contributed by atoms with E-state index in [0.29, 0.717) is 24.1 Å². The van der Waals surface area contributed by atoms with Crippen LogP contribution in [-0.4, -0.2) is 52.1 Å². The molecule has 2 amide bonds. The number of hydrogen-bond donors (Lipinski definition) is 2. The molecule has 3 heterocycles. The van der Waals surface area contributed by atoms with Crippen LogP contribution in [0.2, 0.25) is 0 Å². The van der Waals surface area contributed by atoms with Gasteiger partial charge < -0.3 is 15.0 Å². The highest BCUT2D eigenvalue weighted by molar-refractivity contribution is 7.15. The zero-order valence-electron chi connectivity index (χ0n) is 13.7. The summed E-state index contributed by atoms with van der Waals surface area (Å²) in [5.41, 5.74) is 0. The predicted octanol–water partition coefficient (Wildman–Crippen LogP) is 2.36. The molecule has 24 heavy (non-hydrogen) atoms. The molecule has 0 bridgehead atoms. The zero-order chi connectivity index (χ0) is 16.9. The van der Waals surface area contributed by atoms with Crippen LogP contribution in [-0.2, 0) is 0 Å². The fourth-order valence-electron chi connectivity index (χ4n) is 2.55. The summed E-state index contributed by atoms with van der Waals surface area (Å²) in [7, 11) is 1.58. The Morgan fingerprint density at radius 3 is 2.79 bits per heavy atom. The normalized spacial score (nSPS) is 15.2. The van der Waals surface area contributed by atoms with Crippen molar-refractivity contribution in [2.45, 2.75) is 25.8 Å². The summed E-state index contributed by atoms with van der Waals surface area (Å²) >= 11 is 1.48. The number of methoxy groups -OCH3 is 1. The average Bonchev–Trinajstić information content (AvgIpc) is 3.00. The smallest absolute Gasteiger partial charge is 0.323 e. The molecule has 1 aliphatic heterocycles. The molecular weight excluding hydrogens is 328 g/mol. The predicted molar refractivity (Wildman–Crippen MR) is 92.7 cm³/mol. The highest BCUT2D eigenvalue weighted by Gasteiger charge is 2.23. The molecule has 1 aliphatic rings. The van der Waals surface area contributed by atoms with E-state index in [-0.39, 0.29) is 12.1 Å². The summed E-state index contributed by atoms with van der Waals surface area (Å²) in [6, 6.07) is 1.95. The first-order chi connectivity index (χ1) is 11.6. The van der Waals surface area contributed by atoms with Gasteiger partial charge in [0, 0.05) is 36.3 Å². The van der Waals surface area contributed by atoms with Crippen LogP contribution in [0.3, 0.4) is 0 Å². The van der Waals surface area contributed by atoms with Gasteiger partial charge in [-0.05, 0) is 19.8 Å². The number of amides is 2. The molecule has 1 fully saturated rings. The van der Waals surface area contributed by atoms with E-state index < -0.39 is 0 Å². The Morgan fingerprint density at radius 1 is 1.33 bits per heavy atom. The van der Waals surface area contributed by atoms with E-state index in [2.05, 4.69) is 25.6 Å². The van der Waals surface area contributed by atoms with Crippen molar-refractivity contribution in [1.82, 2.24) is 19.9 Å². The van der Waals surface area contributed by atoms with Crippen molar-refractivity contribution in [2.75, 3.05) is 30.8 Å². The Hall–Kier alpha value is -2.42. The first-order valence-electron chi connectivity index (χ1n) is 7.75. The molecular formula is C15H20N6O2S. The van der Waals surface area contributed by atoms with Gasteiger partial charge in [0.2, 0.25) is 5.88 Å². The third kappa shape index (κ3) is 4.10. The molecule has 0 spiro atoms. The first kappa shape index (κ1) is 16.4. The molecule has 8 nitrogen and oxygen atoms in total. The number of aryl methyl sites for hydroxylation is 1. The van der Waals surface area contributed by atoms with E-state index in [1.165, 1.54) is 17.7 Å². The maximum atomic E-state index is 12.2. The third-order valence-corrected chi connectivity index (χ3v) is 4.65. The molecule has 3 rings (SSSR count). The molecule has 9 heteroatoms. The summed E-state index contributed by atoms with van der Waals surface area (Å²) in [6.07, 6.45) is 4.94. The largest absolute Gasteiger partial charge is 0.481 e. The minimum Gasteiger partial charge on any atom is -0.481 e. The molecule has 0 saturated carbocycles. The molecule has 2 aromatic rings. The minimum absolute atomic E-state index is 0.0912. The highest BCUT2D eigenvalue weighted by atomic mass is 32.1. The number of piperidine rings is 1. The molecule has 0 radical (unpaired) electrons. The number of likely N-dealkylation sites (tertiary alicyclic amines) is 1. The summed E-state index contributed by atoms with van der Waals surface area (Å²) < 4.78 is 5.09. The van der Waals surface area contributed by atoms with Gasteiger partial charge >= 0.3 is 6.03 Å². The number of ether oxygens (including phenoxy) is 1. The second-order valence-corrected chi connectivity index (χ2v) is 6.79. The summed E-state index contributed by atoms with van der Waals surface area (Å²) in [6.45, 7) is 3.35. The van der Waals surface area contributed by atoms with Crippen LogP contribution in [0.25, 0.3) is 0 Å². The van der Waals surface area contributed by atoms with Crippen LogP contribution in [0.4, 0.5) is 15.7 Å². The minimum atomic E-state index is -0.0912. The Labute approximate surface area is 144 Å². The van der Waals surface area contributed by atoms with Crippen LogP contribution in [0.15, 0.2) is 18.6 Å². The lowest BCUT2D eigenvalue weighted by Crippen LogP contribution is -2.44. The lowest BCUT2D eigenvalue weighted by Gasteiger charge is -2.32. The molecule has 1 saturated heterocycles. The number of carbonyl (C=O) groups excluding carboxylic acids is 1. The van der Waals surface area contributed by atoms with Gasteiger partial charge in [0.25, 0.3) is 0 Å². The van der Waals surface area contributed by atoms with Crippen molar-refractivity contribution in [3.05, 3.63) is 23.5 Å². The summed E-state index contributed by atoms with van der Waals surface area (Å²) in [5.74, 6) is 1.27. The van der Waals surface area contributed by atoms with Gasteiger partial charge in [0.15, 0.2) is 5.13 Å². The van der Waals surface area contributed by atoms with Gasteiger partial charge in [0.1, 0.15) is 12.1 Å². The number of anilines is 2. The standard InChI is InChI=1S/C15H20N6O2S/c1-10-8-16-14(24-10)20-15(22)21-5-3-11(4-6-21)19-12-7-13(23-2)18-9-17-12/h7-9,11H,3-6H2,1-2H3,(H,16,20,22)(H,17,18,19). The first-order valence-corrected chi connectivity index (χ1v) is 8.56. The quantitative estimate of drug-likeness (QED) is 0.881. The van der Waals surface area contributed by atoms with E-state index in [1.807, 2.05) is 11.8 Å². The molecule has 0 unspecified atom stereocenters. The Bertz CT molecular complexity index is 699. The van der Waals surface area contributed by atoms with Crippen LogP contribution >= 0.6 is 11.3 Å². The fraction of sp³-hybridized carbons (Fsp3) is 0.467. The van der Waals surface area contributed by atoms with Gasteiger partial charge in [-0.1, -0.05) is 0 Å². The van der Waals surface area contributed by atoms with Crippen LogP contribution in [0, 0.1) is 6.92 Å². The van der Waals surface area contributed by atoms with E-state index >= 15 is 0 Å². The molecule has 128 valence electrons. The van der Waals surface area contributed by atoms with E-state index in [1.54, 1.807) is 19.4 Å². The average molecular weight is 348 g/mol. The fourth-order valence-corrected chi connectivity index (χ4v) is 3.20. The van der Waals surface area contributed by atoms with Gasteiger partial charge in [0.05, 0.1) is 7.11 Å². The number of urea groups is 1. The third-order valence-electron chi connectivity index (χ3n) is 3.82. The number of rotatable bonds is 4. The van der Waals surface area contributed by atoms with Crippen molar-refractivity contribution in [1.29, 1.82) is 0 Å². The Kier molecular flexibility index (Phi) is 5.09. The summed E-state index contributed by atoms with van der Waals surface area (Å²) in [4.78, 5) is 27.5. The lowest BCUT2D eigenvalue weighted by atomic mass is 10.1. The number of carbonyl (C=O) groups is 1. The Balaban J connectivity index is 1.49. The highest BCUT2D eigenvalue weighted by Crippen LogP contribution is 2.20. The van der Waals surface area contributed by atoms with Gasteiger partial charge in [-0.25, -0.2) is 19.7 Å². The number of thiazole rings is 1. The van der Waals surface area contributed by atoms with Gasteiger partial charge in [-0.3, -0.25) is 5.32 Å². The van der Waals surface area contributed by atoms with E-state index in [9.17, 15) is 4.79 Å². The molecule has 2 N–H and O–H groups in total. The van der Waals surface area contributed by atoms with Crippen molar-refractivity contribution < 1.29 is 9.53 Å². The van der Waals surface area contributed by atoms with Crippen molar-refractivity contribution >= 4 is 28.3 Å². The molecule has 2 aromatic heterocycles. The monoisotopic (exact) mass is 348 g/mol. The van der Waals surface area contributed by atoms with Crippen LogP contribution in [0.1, 0.15) is 17.7 Å². The molecule has 0 aromatic carbocycles. The van der Waals surface area contributed by atoms with Crippen molar-refractivity contribution in [3.63, 3.8) is 0 Å². The van der Waals surface area contributed by atoms with Crippen LogP contribution < -0.4 is 15.4 Å². The number of aromatic nitrogens is 3. The SMILES string of the molecule is COc1cc(NC2CCN(C(=O)Nc3ncc(C)s3)CC2)ncn1. The number of nitrogens with one attached hydrogen (secondary N) is 2. The lowest BCUT2D eigenvalue weighted by molar-refractivity contribution is 0.197. The second kappa shape index (κ2) is 7.43. The van der Waals surface area contributed by atoms with E-state index in [4.69, 9.17) is 4.74 Å². The maximum Gasteiger partial charge on any atom is 0.323 e. The number of hydrogen-bond acceptors (Lipinski definition) is 7. The van der Waals surface area contributed by atoms with E-state index in [0.717, 1.165) is 23.5 Å². The van der Waals surface area contributed by atoms with Gasteiger partial charge in [-0.15, -0.1) is 11.3 Å². The van der Waals surface area contributed by atoms with Gasteiger partial charge in [-0.2, -0.15) is 0 Å². The molecule has 0 atom stereocenters. The zero-order valence-corrected chi connectivity index (χ0v) is 14.5. The number of nitrogens with zero attached hydrogens (tertiary/aromatic N) is 4. The topological polar surface area (TPSA) is 92.3 Å². The molecule has 0 aliphatic carbocycles. The maximum absolute atomic E-state index is 12.2. The van der Waals surface area contributed by atoms with Crippen LogP contribution in [0.5, 0.6) is 5.88 Å². The summed E-state index contributed by atoms with van der Waals surface area (Å²) in [5, 5.41) is 6.86.